The van der Waals surface area contributed by atoms with E-state index in [1.54, 1.807) is 0 Å². The number of hydrogen-bond acceptors (Lipinski definition) is 6. The highest BCUT2D eigenvalue weighted by Crippen LogP contribution is 2.18. The van der Waals surface area contributed by atoms with E-state index in [1.165, 1.54) is 5.56 Å². The van der Waals surface area contributed by atoms with Crippen molar-refractivity contribution < 1.29 is 24.6 Å². The topological polar surface area (TPSA) is 179 Å². The first-order valence-electron chi connectivity index (χ1n) is 8.80. The summed E-state index contributed by atoms with van der Waals surface area (Å²) < 4.78 is 0. The second-order valence-corrected chi connectivity index (χ2v) is 5.85. The van der Waals surface area contributed by atoms with Crippen molar-refractivity contribution in [2.24, 2.45) is 11.5 Å². The van der Waals surface area contributed by atoms with Crippen molar-refractivity contribution in [1.82, 2.24) is 6.15 Å². The number of hydrogen-bond donors (Lipinski definition) is 5. The number of aldehydes is 1. The van der Waals surface area contributed by atoms with Crippen molar-refractivity contribution in [2.75, 3.05) is 6.54 Å². The van der Waals surface area contributed by atoms with Gasteiger partial charge in [0.25, 0.3) is 5.97 Å². The maximum Gasteiger partial charge on any atom is 0.320 e. The molecule has 2 rings (SSSR count). The van der Waals surface area contributed by atoms with Gasteiger partial charge < -0.3 is 27.8 Å². The van der Waals surface area contributed by atoms with Crippen LogP contribution in [-0.4, -0.2) is 41.0 Å². The Morgan fingerprint density at radius 3 is 1.86 bits per heavy atom. The zero-order valence-electron chi connectivity index (χ0n) is 16.7. The molecular weight excluding hydrogens is 374 g/mol. The van der Waals surface area contributed by atoms with Crippen LogP contribution in [0.4, 0.5) is 0 Å². The third-order valence-corrected chi connectivity index (χ3v) is 3.44. The van der Waals surface area contributed by atoms with E-state index in [4.69, 9.17) is 26.5 Å². The zero-order chi connectivity index (χ0) is 21.4. The molecule has 160 valence electrons. The van der Waals surface area contributed by atoms with Gasteiger partial charge in [0.2, 0.25) is 0 Å². The molecule has 2 aromatic rings. The van der Waals surface area contributed by atoms with Gasteiger partial charge in [-0.3, -0.25) is 14.4 Å². The van der Waals surface area contributed by atoms with E-state index < -0.39 is 18.0 Å². The first-order chi connectivity index (χ1) is 13.3. The molecule has 0 radical (unpaired) electrons. The number of nitrogens with two attached hydrogens (primary N) is 2. The van der Waals surface area contributed by atoms with Gasteiger partial charge in [0.05, 0.1) is 0 Å². The van der Waals surface area contributed by atoms with Gasteiger partial charge in [-0.2, -0.15) is 0 Å². The minimum absolute atomic E-state index is 0. The van der Waals surface area contributed by atoms with Crippen molar-refractivity contribution in [3.63, 3.8) is 0 Å². The highest BCUT2D eigenvalue weighted by molar-refractivity contribution is 5.76. The zero-order valence-corrected chi connectivity index (χ0v) is 16.7. The molecule has 0 heterocycles. The molecule has 0 aliphatic heterocycles. The second-order valence-electron chi connectivity index (χ2n) is 5.85. The van der Waals surface area contributed by atoms with Gasteiger partial charge >= 0.3 is 5.97 Å². The largest absolute Gasteiger partial charge is 0.481 e. The van der Waals surface area contributed by atoms with E-state index in [1.807, 2.05) is 42.5 Å². The predicted octanol–water partition coefficient (Wildman–Crippen LogP) is 2.95. The van der Waals surface area contributed by atoms with Crippen molar-refractivity contribution in [1.29, 1.82) is 0 Å². The van der Waals surface area contributed by atoms with Gasteiger partial charge in [-0.25, -0.2) is 0 Å². The Kier molecular flexibility index (Phi) is 16.6. The molecule has 0 unspecified atom stereocenters. The number of carbonyl (C=O) groups excluding carboxylic acids is 1. The average molecular weight is 405 g/mol. The Balaban J connectivity index is 0. The number of unbranched alkanes of at least 4 members (excludes halogenated alkanes) is 1. The van der Waals surface area contributed by atoms with Crippen LogP contribution in [0.15, 0.2) is 54.6 Å². The number of benzene rings is 2. The first-order valence-corrected chi connectivity index (χ1v) is 8.80. The molecule has 0 aliphatic rings. The molecule has 8 heteroatoms. The van der Waals surface area contributed by atoms with Crippen LogP contribution in [0.3, 0.4) is 0 Å². The molecule has 29 heavy (non-hydrogen) atoms. The molecule has 0 spiro atoms. The lowest BCUT2D eigenvalue weighted by atomic mass is 10.0. The average Bonchev–Trinajstić information content (AvgIpc) is 2.69. The number of carbonyl (C=O) groups is 3. The van der Waals surface area contributed by atoms with Crippen molar-refractivity contribution in [3.05, 3.63) is 60.2 Å². The lowest BCUT2D eigenvalue weighted by Crippen LogP contribution is -2.29. The predicted molar refractivity (Wildman–Crippen MR) is 114 cm³/mol. The molecule has 0 aromatic heterocycles. The molecule has 8 nitrogen and oxygen atoms in total. The minimum atomic E-state index is -0.933. The minimum Gasteiger partial charge on any atom is -0.481 e. The van der Waals surface area contributed by atoms with Crippen molar-refractivity contribution in [2.45, 2.75) is 32.2 Å². The maximum atomic E-state index is 10.5. The van der Waals surface area contributed by atoms with E-state index in [0.717, 1.165) is 31.6 Å². The molecule has 0 aliphatic carbocycles. The Morgan fingerprint density at radius 2 is 1.45 bits per heavy atom. The summed E-state index contributed by atoms with van der Waals surface area (Å²) in [6.07, 6.45) is 3.02. The van der Waals surface area contributed by atoms with Crippen LogP contribution in [0.2, 0.25) is 0 Å². The lowest BCUT2D eigenvalue weighted by molar-refractivity contribution is -0.138. The molecule has 9 N–H and O–H groups in total. The Labute approximate surface area is 171 Å². The highest BCUT2D eigenvalue weighted by Gasteiger charge is 2.09. The van der Waals surface area contributed by atoms with Gasteiger partial charge in [0.15, 0.2) is 0 Å². The second kappa shape index (κ2) is 17.1. The van der Waals surface area contributed by atoms with Gasteiger partial charge in [0.1, 0.15) is 12.3 Å². The number of rotatable bonds is 7. The van der Waals surface area contributed by atoms with E-state index in [2.05, 4.69) is 12.1 Å². The number of aliphatic carboxylic acids is 2. The van der Waals surface area contributed by atoms with Crippen LogP contribution in [0.1, 0.15) is 36.5 Å². The van der Waals surface area contributed by atoms with Crippen LogP contribution in [0.25, 0.3) is 11.1 Å². The number of carboxylic acid groups (broad SMARTS) is 2. The SMILES string of the molecule is CC(=O)O.N.NCCCC[C@H](N)C(=O)O.O=Cc1ccc(-c2ccccc2)cc1. The van der Waals surface area contributed by atoms with E-state index >= 15 is 0 Å². The summed E-state index contributed by atoms with van der Waals surface area (Å²) in [5, 5.41) is 15.7. The fourth-order valence-electron chi connectivity index (χ4n) is 2.02. The molecule has 0 saturated carbocycles. The Morgan fingerprint density at radius 1 is 0.966 bits per heavy atom. The Hall–Kier alpha value is -3.07. The van der Waals surface area contributed by atoms with Crippen molar-refractivity contribution >= 4 is 18.2 Å². The van der Waals surface area contributed by atoms with Gasteiger partial charge in [-0.1, -0.05) is 61.0 Å². The van der Waals surface area contributed by atoms with Crippen molar-refractivity contribution in [3.8, 4) is 11.1 Å². The van der Waals surface area contributed by atoms with Crippen LogP contribution < -0.4 is 17.6 Å². The molecule has 1 atom stereocenters. The van der Waals surface area contributed by atoms with Gasteiger partial charge in [-0.05, 0) is 30.5 Å². The third kappa shape index (κ3) is 14.6. The molecule has 0 amide bonds. The van der Waals surface area contributed by atoms with Crippen LogP contribution in [0, 0.1) is 0 Å². The molecular formula is C21H31N3O5. The van der Waals surface area contributed by atoms with Gasteiger partial charge in [0, 0.05) is 12.5 Å². The quantitative estimate of drug-likeness (QED) is 0.344. The normalized spacial score (nSPS) is 10.0. The van der Waals surface area contributed by atoms with Crippen LogP contribution in [-0.2, 0) is 9.59 Å². The lowest BCUT2D eigenvalue weighted by Gasteiger charge is -2.03. The smallest absolute Gasteiger partial charge is 0.320 e. The summed E-state index contributed by atoms with van der Waals surface area (Å²) >= 11 is 0. The van der Waals surface area contributed by atoms with E-state index in [0.29, 0.717) is 18.5 Å². The summed E-state index contributed by atoms with van der Waals surface area (Å²) in [5.74, 6) is -1.77. The third-order valence-electron chi connectivity index (χ3n) is 3.44. The standard InChI is InChI=1S/C13H10O.C6H14N2O2.C2H4O2.H3N/c14-10-11-6-8-13(9-7-11)12-4-2-1-3-5-12;7-4-2-1-3-5(8)6(9)10;1-2(3)4;/h1-10H;5H,1-4,7-8H2,(H,9,10);1H3,(H,3,4);1H3/t;5-;;/m.0../s1. The molecule has 2 aromatic carbocycles. The summed E-state index contributed by atoms with van der Waals surface area (Å²) in [6, 6.07) is 17.0. The van der Waals surface area contributed by atoms with Crippen LogP contribution in [0.5, 0.6) is 0 Å². The molecule has 0 saturated heterocycles. The summed E-state index contributed by atoms with van der Waals surface area (Å²) in [6.45, 7) is 1.69. The van der Waals surface area contributed by atoms with Crippen LogP contribution >= 0.6 is 0 Å². The fourth-order valence-corrected chi connectivity index (χ4v) is 2.02. The van der Waals surface area contributed by atoms with E-state index in [-0.39, 0.29) is 6.15 Å². The fraction of sp³-hybridized carbons (Fsp3) is 0.286. The molecule has 0 bridgehead atoms. The summed E-state index contributed by atoms with van der Waals surface area (Å²) in [7, 11) is 0. The first kappa shape index (κ1) is 28.1. The Bertz CT molecular complexity index is 702. The van der Waals surface area contributed by atoms with E-state index in [9.17, 15) is 9.59 Å². The van der Waals surface area contributed by atoms with Gasteiger partial charge in [-0.15, -0.1) is 0 Å². The monoisotopic (exact) mass is 405 g/mol. The summed E-state index contributed by atoms with van der Waals surface area (Å²) in [4.78, 5) is 29.6. The highest BCUT2D eigenvalue weighted by atomic mass is 16.4. The molecule has 0 fully saturated rings. The maximum absolute atomic E-state index is 10.5. The summed E-state index contributed by atoms with van der Waals surface area (Å²) in [5.41, 5.74) is 13.4. The number of carboxylic acids is 2.